The first kappa shape index (κ1) is 13.3. The van der Waals surface area contributed by atoms with Gasteiger partial charge in [-0.15, -0.1) is 0 Å². The van der Waals surface area contributed by atoms with Gasteiger partial charge >= 0.3 is 0 Å². The Hall–Kier alpha value is -0.350. The second kappa shape index (κ2) is 7.75. The highest BCUT2D eigenvalue weighted by atomic mass is 32.1. The molecule has 1 atom stereocenters. The zero-order chi connectivity index (χ0) is 9.44. The fourth-order valence-corrected chi connectivity index (χ4v) is 0.682. The predicted octanol–water partition coefficient (Wildman–Crippen LogP) is 0.602. The van der Waals surface area contributed by atoms with Gasteiger partial charge in [-0.2, -0.15) is 0 Å². The van der Waals surface area contributed by atoms with Crippen LogP contribution in [-0.2, 0) is 0 Å². The summed E-state index contributed by atoms with van der Waals surface area (Å²) in [6.45, 7) is 6.03. The topological polar surface area (TPSA) is 72.3 Å². The van der Waals surface area contributed by atoms with E-state index in [1.165, 1.54) is 0 Å². The summed E-state index contributed by atoms with van der Waals surface area (Å²) in [5, 5.41) is 8.72. The monoisotopic (exact) mass is 178 g/mol. The molecule has 0 aromatic rings. The van der Waals surface area contributed by atoms with Crippen molar-refractivity contribution in [2.24, 2.45) is 17.4 Å². The van der Waals surface area contributed by atoms with Crippen molar-refractivity contribution in [3.8, 4) is 0 Å². The van der Waals surface area contributed by atoms with Crippen molar-refractivity contribution in [1.29, 1.82) is 0 Å². The first-order chi connectivity index (χ1) is 4.86. The summed E-state index contributed by atoms with van der Waals surface area (Å²) in [6, 6.07) is 0. The van der Waals surface area contributed by atoms with E-state index in [-0.39, 0.29) is 11.2 Å². The number of aliphatic hydroxyl groups is 1. The minimum Gasteiger partial charge on any atom is -0.393 e. The fourth-order valence-electron chi connectivity index (χ4n) is 0.682. The maximum Gasteiger partial charge on any atom is 0.160 e. The third-order valence-electron chi connectivity index (χ3n) is 0.813. The second-order valence-corrected chi connectivity index (χ2v) is 3.35. The Labute approximate surface area is 73.8 Å². The van der Waals surface area contributed by atoms with Gasteiger partial charge in [-0.25, -0.2) is 0 Å². The van der Waals surface area contributed by atoms with Crippen molar-refractivity contribution >= 4 is 17.3 Å². The predicted molar refractivity (Wildman–Crippen MR) is 52.1 cm³/mol. The molecule has 0 saturated carbocycles. The molecule has 0 radical (unpaired) electrons. The van der Waals surface area contributed by atoms with E-state index in [0.717, 1.165) is 6.42 Å². The van der Waals surface area contributed by atoms with Crippen LogP contribution in [0.25, 0.3) is 0 Å². The molecule has 0 fully saturated rings. The highest BCUT2D eigenvalue weighted by Crippen LogP contribution is 2.01. The van der Waals surface area contributed by atoms with E-state index in [1.54, 1.807) is 0 Å². The Balaban J connectivity index is 0. The van der Waals surface area contributed by atoms with Gasteiger partial charge in [0.25, 0.3) is 0 Å². The molecule has 4 heteroatoms. The van der Waals surface area contributed by atoms with Crippen molar-refractivity contribution in [2.45, 2.75) is 33.3 Å². The molecule has 0 aromatic heterocycles. The van der Waals surface area contributed by atoms with Crippen LogP contribution < -0.4 is 11.5 Å². The van der Waals surface area contributed by atoms with Crippen LogP contribution in [0.3, 0.4) is 0 Å². The van der Waals surface area contributed by atoms with Gasteiger partial charge in [0.2, 0.25) is 0 Å². The number of aliphatic hydroxyl groups excluding tert-OH is 1. The molecule has 3 nitrogen and oxygen atoms in total. The standard InChI is InChI=1S/C6H14O.CH4N2S/c1-5(2)4-6(3)7;2-1(3)4/h5-7H,4H2,1-3H3;(H4,2,3,4). The number of nitrogens with two attached hydrogens (primary N) is 2. The third kappa shape index (κ3) is 42.4. The van der Waals surface area contributed by atoms with Crippen LogP contribution >= 0.6 is 12.2 Å². The summed E-state index contributed by atoms with van der Waals surface area (Å²) in [5.74, 6) is 0.625. The Bertz CT molecular complexity index is 94.6. The van der Waals surface area contributed by atoms with Gasteiger partial charge in [-0.05, 0) is 31.5 Å². The Morgan fingerprint density at radius 3 is 1.64 bits per heavy atom. The van der Waals surface area contributed by atoms with Crippen LogP contribution in [0.1, 0.15) is 27.2 Å². The van der Waals surface area contributed by atoms with E-state index in [1.807, 2.05) is 6.92 Å². The smallest absolute Gasteiger partial charge is 0.160 e. The Morgan fingerprint density at radius 1 is 1.36 bits per heavy atom. The lowest BCUT2D eigenvalue weighted by Gasteiger charge is -2.04. The van der Waals surface area contributed by atoms with E-state index < -0.39 is 0 Å². The number of hydrogen-bond acceptors (Lipinski definition) is 2. The van der Waals surface area contributed by atoms with E-state index in [4.69, 9.17) is 5.11 Å². The molecular formula is C7H18N2OS. The van der Waals surface area contributed by atoms with Gasteiger partial charge in [0.1, 0.15) is 0 Å². The molecule has 0 heterocycles. The molecule has 1 unspecified atom stereocenters. The van der Waals surface area contributed by atoms with Crippen molar-refractivity contribution in [3.05, 3.63) is 0 Å². The fraction of sp³-hybridized carbons (Fsp3) is 0.857. The molecule has 0 bridgehead atoms. The van der Waals surface area contributed by atoms with Crippen LogP contribution in [-0.4, -0.2) is 16.3 Å². The molecule has 0 aliphatic rings. The van der Waals surface area contributed by atoms with E-state index in [2.05, 4.69) is 37.5 Å². The minimum atomic E-state index is -0.125. The van der Waals surface area contributed by atoms with Crippen LogP contribution in [0.4, 0.5) is 0 Å². The van der Waals surface area contributed by atoms with Gasteiger partial charge in [-0.1, -0.05) is 13.8 Å². The maximum atomic E-state index is 8.72. The SMILES string of the molecule is CC(C)CC(C)O.NC(N)=S. The normalized spacial score (nSPS) is 11.7. The van der Waals surface area contributed by atoms with E-state index in [9.17, 15) is 0 Å². The molecular weight excluding hydrogens is 160 g/mol. The molecule has 0 rings (SSSR count). The first-order valence-electron chi connectivity index (χ1n) is 3.59. The van der Waals surface area contributed by atoms with Crippen molar-refractivity contribution < 1.29 is 5.11 Å². The summed E-state index contributed by atoms with van der Waals surface area (Å²) in [4.78, 5) is 0. The van der Waals surface area contributed by atoms with Crippen LogP contribution in [0.5, 0.6) is 0 Å². The molecule has 0 aliphatic carbocycles. The number of rotatable bonds is 2. The quantitative estimate of drug-likeness (QED) is 0.541. The second-order valence-electron chi connectivity index (χ2n) is 2.88. The molecule has 0 aliphatic heterocycles. The van der Waals surface area contributed by atoms with Gasteiger partial charge in [0.05, 0.1) is 6.10 Å². The zero-order valence-corrected chi connectivity index (χ0v) is 8.19. The summed E-state index contributed by atoms with van der Waals surface area (Å²) >= 11 is 4.09. The summed E-state index contributed by atoms with van der Waals surface area (Å²) in [5.41, 5.74) is 9.24. The number of hydrogen-bond donors (Lipinski definition) is 3. The lowest BCUT2D eigenvalue weighted by molar-refractivity contribution is 0.168. The van der Waals surface area contributed by atoms with Crippen molar-refractivity contribution in [1.82, 2.24) is 0 Å². The Kier molecular flexibility index (Phi) is 9.34. The number of thiocarbonyl (C=S) groups is 1. The molecule has 5 N–H and O–H groups in total. The van der Waals surface area contributed by atoms with Gasteiger partial charge < -0.3 is 16.6 Å². The molecule has 0 saturated heterocycles. The van der Waals surface area contributed by atoms with Crippen molar-refractivity contribution in [3.63, 3.8) is 0 Å². The third-order valence-corrected chi connectivity index (χ3v) is 0.813. The largest absolute Gasteiger partial charge is 0.393 e. The van der Waals surface area contributed by atoms with Gasteiger partial charge in [-0.3, -0.25) is 0 Å². The van der Waals surface area contributed by atoms with Gasteiger partial charge in [0, 0.05) is 0 Å². The zero-order valence-electron chi connectivity index (χ0n) is 7.37. The van der Waals surface area contributed by atoms with Gasteiger partial charge in [0.15, 0.2) is 5.11 Å². The van der Waals surface area contributed by atoms with Crippen LogP contribution in [0, 0.1) is 5.92 Å². The van der Waals surface area contributed by atoms with E-state index in [0.29, 0.717) is 5.92 Å². The van der Waals surface area contributed by atoms with Crippen LogP contribution in [0.15, 0.2) is 0 Å². The minimum absolute atomic E-state index is 0.000000000000000222. The average Bonchev–Trinajstić information content (AvgIpc) is 1.56. The highest BCUT2D eigenvalue weighted by Gasteiger charge is 1.97. The van der Waals surface area contributed by atoms with Crippen LogP contribution in [0.2, 0.25) is 0 Å². The van der Waals surface area contributed by atoms with E-state index >= 15 is 0 Å². The molecule has 68 valence electrons. The summed E-state index contributed by atoms with van der Waals surface area (Å²) < 4.78 is 0. The summed E-state index contributed by atoms with van der Waals surface area (Å²) in [6.07, 6.45) is 0.792. The lowest BCUT2D eigenvalue weighted by Crippen LogP contribution is -2.18. The lowest BCUT2D eigenvalue weighted by atomic mass is 10.1. The first-order valence-corrected chi connectivity index (χ1v) is 4.00. The molecule has 0 amide bonds. The molecule has 0 spiro atoms. The Morgan fingerprint density at radius 2 is 1.64 bits per heavy atom. The maximum absolute atomic E-state index is 8.72. The van der Waals surface area contributed by atoms with Crippen molar-refractivity contribution in [2.75, 3.05) is 0 Å². The highest BCUT2D eigenvalue weighted by molar-refractivity contribution is 7.80. The average molecular weight is 178 g/mol. The molecule has 11 heavy (non-hydrogen) atoms. The molecule has 0 aromatic carbocycles. The summed E-state index contributed by atoms with van der Waals surface area (Å²) in [7, 11) is 0.